The van der Waals surface area contributed by atoms with Gasteiger partial charge in [-0.25, -0.2) is 5.48 Å². The van der Waals surface area contributed by atoms with Crippen molar-refractivity contribution < 1.29 is 10.0 Å². The molecular formula is C5H12N3O2. The highest BCUT2D eigenvalue weighted by Crippen LogP contribution is 1.71. The van der Waals surface area contributed by atoms with Gasteiger partial charge in [-0.3, -0.25) is 10.0 Å². The molecule has 0 aliphatic carbocycles. The molecule has 0 atom stereocenters. The van der Waals surface area contributed by atoms with Crippen molar-refractivity contribution >= 4 is 5.91 Å². The molecule has 0 fully saturated rings. The number of hydroxylamine groups is 1. The summed E-state index contributed by atoms with van der Waals surface area (Å²) in [5, 5.41) is 10.9. The molecule has 0 aromatic rings. The van der Waals surface area contributed by atoms with Gasteiger partial charge in [-0.15, -0.1) is 0 Å². The highest BCUT2D eigenvalue weighted by atomic mass is 16.5. The van der Waals surface area contributed by atoms with Crippen LogP contribution in [0.2, 0.25) is 0 Å². The Hall–Kier alpha value is -0.650. The number of amides is 1. The summed E-state index contributed by atoms with van der Waals surface area (Å²) in [6.45, 7) is 1.62. The number of nitrogens with two attached hydrogens (primary N) is 1. The molecular weight excluding hydrogens is 134 g/mol. The summed E-state index contributed by atoms with van der Waals surface area (Å²) in [6.07, 6.45) is 1.29. The maximum absolute atomic E-state index is 10.3. The topological polar surface area (TPSA) is 87.4 Å². The first kappa shape index (κ1) is 9.35. The van der Waals surface area contributed by atoms with Gasteiger partial charge in [0.25, 0.3) is 0 Å². The van der Waals surface area contributed by atoms with Crippen LogP contribution in [0.5, 0.6) is 0 Å². The Morgan fingerprint density at radius 2 is 2.40 bits per heavy atom. The first-order valence-corrected chi connectivity index (χ1v) is 2.99. The number of carbonyl (C=O) groups excluding carboxylic acids is 1. The predicted molar refractivity (Wildman–Crippen MR) is 36.2 cm³/mol. The Labute approximate surface area is 59.5 Å². The zero-order valence-electron chi connectivity index (χ0n) is 5.63. The summed E-state index contributed by atoms with van der Waals surface area (Å²) in [4.78, 5) is 10.3. The van der Waals surface area contributed by atoms with Crippen molar-refractivity contribution in [2.45, 2.75) is 0 Å². The maximum atomic E-state index is 10.3. The van der Waals surface area contributed by atoms with E-state index in [-0.39, 0.29) is 0 Å². The van der Waals surface area contributed by atoms with E-state index in [4.69, 9.17) is 10.9 Å². The minimum atomic E-state index is -0.510. The minimum Gasteiger partial charge on any atom is -0.329 e. The van der Waals surface area contributed by atoms with Gasteiger partial charge in [0, 0.05) is 19.6 Å². The average molecular weight is 146 g/mol. The average Bonchev–Trinajstić information content (AvgIpc) is 1.98. The molecule has 5 nitrogen and oxygen atoms in total. The number of hydrogen-bond acceptors (Lipinski definition) is 4. The molecule has 0 aromatic carbocycles. The Kier molecular flexibility index (Phi) is 6.05. The van der Waals surface area contributed by atoms with Crippen molar-refractivity contribution in [2.24, 2.45) is 5.73 Å². The molecule has 5 heteroatoms. The predicted octanol–water partition coefficient (Wildman–Crippen LogP) is -1.76. The van der Waals surface area contributed by atoms with Crippen LogP contribution in [-0.4, -0.2) is 30.7 Å². The van der Waals surface area contributed by atoms with Crippen molar-refractivity contribution in [3.63, 3.8) is 0 Å². The fraction of sp³-hybridized carbons (Fsp3) is 0.600. The Morgan fingerprint density at radius 3 is 2.90 bits per heavy atom. The quantitative estimate of drug-likeness (QED) is 0.210. The molecule has 0 saturated heterocycles. The first-order chi connectivity index (χ1) is 4.81. The standard InChI is InChI=1S/C5H12N3O2/c6-2-4-7-3-1-5(9)8-10/h1,7,10H,2-4,6H2,(H,8,9). The summed E-state index contributed by atoms with van der Waals surface area (Å²) >= 11 is 0. The van der Waals surface area contributed by atoms with E-state index in [0.717, 1.165) is 0 Å². The van der Waals surface area contributed by atoms with E-state index in [1.54, 1.807) is 0 Å². The van der Waals surface area contributed by atoms with Crippen LogP contribution in [0.25, 0.3) is 0 Å². The molecule has 0 aliphatic rings. The van der Waals surface area contributed by atoms with Gasteiger partial charge >= 0.3 is 0 Å². The normalized spacial score (nSPS) is 9.40. The van der Waals surface area contributed by atoms with E-state index in [9.17, 15) is 4.79 Å². The molecule has 0 aromatic heterocycles. The van der Waals surface area contributed by atoms with Crippen LogP contribution in [0, 0.1) is 6.42 Å². The van der Waals surface area contributed by atoms with Gasteiger partial charge in [-0.1, -0.05) is 0 Å². The lowest BCUT2D eigenvalue weighted by molar-refractivity contribution is -0.125. The number of carbonyl (C=O) groups is 1. The number of rotatable bonds is 5. The summed E-state index contributed by atoms with van der Waals surface area (Å²) in [5.74, 6) is -0.510. The van der Waals surface area contributed by atoms with Gasteiger partial charge in [0.15, 0.2) is 0 Å². The van der Waals surface area contributed by atoms with E-state index in [1.165, 1.54) is 11.9 Å². The lowest BCUT2D eigenvalue weighted by atomic mass is 10.4. The monoisotopic (exact) mass is 146 g/mol. The van der Waals surface area contributed by atoms with Gasteiger partial charge in [0.2, 0.25) is 5.91 Å². The highest BCUT2D eigenvalue weighted by Gasteiger charge is 1.96. The van der Waals surface area contributed by atoms with E-state index >= 15 is 0 Å². The maximum Gasteiger partial charge on any atom is 0.248 e. The zero-order valence-corrected chi connectivity index (χ0v) is 5.63. The second-order valence-corrected chi connectivity index (χ2v) is 1.67. The third-order valence-electron chi connectivity index (χ3n) is 0.863. The van der Waals surface area contributed by atoms with E-state index < -0.39 is 5.91 Å². The van der Waals surface area contributed by atoms with Crippen LogP contribution in [-0.2, 0) is 4.79 Å². The molecule has 10 heavy (non-hydrogen) atoms. The first-order valence-electron chi connectivity index (χ1n) is 2.99. The molecule has 5 N–H and O–H groups in total. The molecule has 0 unspecified atom stereocenters. The molecule has 0 rings (SSSR count). The lowest BCUT2D eigenvalue weighted by Gasteiger charge is -1.99. The van der Waals surface area contributed by atoms with Crippen molar-refractivity contribution in [2.75, 3.05) is 19.6 Å². The fourth-order valence-corrected chi connectivity index (χ4v) is 0.415. The molecule has 0 saturated carbocycles. The van der Waals surface area contributed by atoms with Crippen LogP contribution >= 0.6 is 0 Å². The van der Waals surface area contributed by atoms with Crippen molar-refractivity contribution in [1.29, 1.82) is 0 Å². The number of nitrogens with one attached hydrogen (secondary N) is 2. The van der Waals surface area contributed by atoms with Crippen molar-refractivity contribution in [3.05, 3.63) is 6.42 Å². The fourth-order valence-electron chi connectivity index (χ4n) is 0.415. The molecule has 1 amide bonds. The lowest BCUT2D eigenvalue weighted by Crippen LogP contribution is -2.28. The van der Waals surface area contributed by atoms with E-state index in [0.29, 0.717) is 19.6 Å². The van der Waals surface area contributed by atoms with Gasteiger partial charge in [-0.05, 0) is 0 Å². The van der Waals surface area contributed by atoms with Gasteiger partial charge in [0.05, 0.1) is 6.42 Å². The van der Waals surface area contributed by atoms with Crippen LogP contribution < -0.4 is 16.5 Å². The molecule has 59 valence electrons. The molecule has 0 aliphatic heterocycles. The molecule has 1 radical (unpaired) electrons. The van der Waals surface area contributed by atoms with Crippen LogP contribution in [0.3, 0.4) is 0 Å². The Balaban J connectivity index is 2.96. The second kappa shape index (κ2) is 6.47. The molecule has 0 heterocycles. The smallest absolute Gasteiger partial charge is 0.248 e. The van der Waals surface area contributed by atoms with Crippen LogP contribution in [0.4, 0.5) is 0 Å². The highest BCUT2D eigenvalue weighted by molar-refractivity contribution is 5.83. The van der Waals surface area contributed by atoms with Gasteiger partial charge in [0.1, 0.15) is 0 Å². The van der Waals surface area contributed by atoms with E-state index in [2.05, 4.69) is 5.32 Å². The third-order valence-corrected chi connectivity index (χ3v) is 0.863. The second-order valence-electron chi connectivity index (χ2n) is 1.67. The summed E-state index contributed by atoms with van der Waals surface area (Å²) in [5.41, 5.74) is 6.63. The Bertz CT molecular complexity index is 96.9. The van der Waals surface area contributed by atoms with Crippen LogP contribution in [0.1, 0.15) is 0 Å². The van der Waals surface area contributed by atoms with Crippen molar-refractivity contribution in [1.82, 2.24) is 10.8 Å². The van der Waals surface area contributed by atoms with Gasteiger partial charge < -0.3 is 11.1 Å². The molecule has 0 bridgehead atoms. The zero-order chi connectivity index (χ0) is 7.82. The minimum absolute atomic E-state index is 0.420. The summed E-state index contributed by atoms with van der Waals surface area (Å²) in [6, 6.07) is 0. The SMILES string of the molecule is NCCNC[CH]C(=O)NO. The summed E-state index contributed by atoms with van der Waals surface area (Å²) in [7, 11) is 0. The van der Waals surface area contributed by atoms with Gasteiger partial charge in [-0.2, -0.15) is 0 Å². The molecule has 0 spiro atoms. The Morgan fingerprint density at radius 1 is 1.70 bits per heavy atom. The summed E-state index contributed by atoms with van der Waals surface area (Å²) < 4.78 is 0. The van der Waals surface area contributed by atoms with Crippen LogP contribution in [0.15, 0.2) is 0 Å². The van der Waals surface area contributed by atoms with Crippen molar-refractivity contribution in [3.8, 4) is 0 Å². The van der Waals surface area contributed by atoms with E-state index in [1.807, 2.05) is 0 Å². The largest absolute Gasteiger partial charge is 0.329 e. The number of hydrogen-bond donors (Lipinski definition) is 4. The third kappa shape index (κ3) is 5.49.